The third-order valence-corrected chi connectivity index (χ3v) is 8.75. The van der Waals surface area contributed by atoms with Crippen LogP contribution in [-0.2, 0) is 19.2 Å². The molecule has 2 aliphatic carbocycles. The van der Waals surface area contributed by atoms with Crippen LogP contribution in [0.15, 0.2) is 22.7 Å². The zero-order valence-electron chi connectivity index (χ0n) is 22.2. The highest BCUT2D eigenvalue weighted by atomic mass is 19.1. The summed E-state index contributed by atoms with van der Waals surface area (Å²) < 4.78 is 24.4. The van der Waals surface area contributed by atoms with E-state index >= 15 is 0 Å². The first-order valence-corrected chi connectivity index (χ1v) is 14.1. The van der Waals surface area contributed by atoms with Gasteiger partial charge in [-0.2, -0.15) is 5.48 Å². The van der Waals surface area contributed by atoms with Crippen LogP contribution < -0.4 is 10.4 Å². The molecule has 1 N–H and O–H groups in total. The lowest BCUT2D eigenvalue weighted by molar-refractivity contribution is -0.165. The molecule has 0 unspecified atom stereocenters. The third-order valence-electron chi connectivity index (χ3n) is 8.75. The van der Waals surface area contributed by atoms with E-state index in [9.17, 15) is 14.0 Å². The number of hydrogen-bond acceptors (Lipinski definition) is 8. The van der Waals surface area contributed by atoms with Gasteiger partial charge in [-0.25, -0.2) is 9.18 Å². The molecule has 2 heterocycles. The molecule has 1 aliphatic heterocycles. The van der Waals surface area contributed by atoms with Gasteiger partial charge in [-0.15, -0.1) is 0 Å². The largest absolute Gasteiger partial charge is 0.381 e. The second-order valence-electron chi connectivity index (χ2n) is 11.1. The standard InChI is InChI=1S/C28H39FN4O5/c1-36-23-9-6-21(7-10-23)28(35)38-31-27(34)20-4-2-19(3-5-20)12-13-32-14-16-33(17-15-32)26-24-18-22(29)8-11-25(24)37-30-26/h8,11,18-21,23H,2-7,9-10,12-17H2,1H3,(H,31,34). The Labute approximate surface area is 222 Å². The number of rotatable bonds is 7. The van der Waals surface area contributed by atoms with Crippen LogP contribution in [0.25, 0.3) is 11.0 Å². The molecule has 3 fully saturated rings. The van der Waals surface area contributed by atoms with E-state index in [1.807, 2.05) is 0 Å². The number of halogens is 1. The first kappa shape index (κ1) is 26.9. The summed E-state index contributed by atoms with van der Waals surface area (Å²) in [4.78, 5) is 34.7. The quantitative estimate of drug-likeness (QED) is 0.536. The van der Waals surface area contributed by atoms with Crippen molar-refractivity contribution in [1.29, 1.82) is 0 Å². The van der Waals surface area contributed by atoms with Crippen LogP contribution in [-0.4, -0.2) is 67.9 Å². The predicted molar refractivity (Wildman–Crippen MR) is 140 cm³/mol. The summed E-state index contributed by atoms with van der Waals surface area (Å²) in [6.45, 7) is 4.56. The molecule has 1 aromatic carbocycles. The van der Waals surface area contributed by atoms with Crippen LogP contribution in [0, 0.1) is 23.6 Å². The second-order valence-corrected chi connectivity index (χ2v) is 11.1. The van der Waals surface area contributed by atoms with Crippen molar-refractivity contribution < 1.29 is 28.1 Å². The number of amides is 1. The lowest BCUT2D eigenvalue weighted by atomic mass is 9.80. The normalized spacial score (nSPS) is 26.8. The average molecular weight is 531 g/mol. The molecule has 2 saturated carbocycles. The Bertz CT molecular complexity index is 1090. The summed E-state index contributed by atoms with van der Waals surface area (Å²) in [6, 6.07) is 4.50. The summed E-state index contributed by atoms with van der Waals surface area (Å²) in [6.07, 6.45) is 8.22. The molecule has 10 heteroatoms. The van der Waals surface area contributed by atoms with E-state index in [4.69, 9.17) is 14.1 Å². The van der Waals surface area contributed by atoms with E-state index in [1.54, 1.807) is 13.2 Å². The summed E-state index contributed by atoms with van der Waals surface area (Å²) in [7, 11) is 1.70. The molecule has 38 heavy (non-hydrogen) atoms. The van der Waals surface area contributed by atoms with Crippen LogP contribution in [0.5, 0.6) is 0 Å². The molecule has 3 aliphatic rings. The van der Waals surface area contributed by atoms with Crippen LogP contribution in [0.3, 0.4) is 0 Å². The molecule has 5 rings (SSSR count). The Balaban J connectivity index is 0.975. The maximum Gasteiger partial charge on any atom is 0.335 e. The molecule has 0 atom stereocenters. The van der Waals surface area contributed by atoms with Gasteiger partial charge in [0.05, 0.1) is 17.4 Å². The van der Waals surface area contributed by atoms with Crippen molar-refractivity contribution in [3.05, 3.63) is 24.0 Å². The van der Waals surface area contributed by atoms with Crippen molar-refractivity contribution in [3.63, 3.8) is 0 Å². The van der Waals surface area contributed by atoms with Crippen LogP contribution >= 0.6 is 0 Å². The van der Waals surface area contributed by atoms with Crippen molar-refractivity contribution in [3.8, 4) is 0 Å². The van der Waals surface area contributed by atoms with Crippen LogP contribution in [0.2, 0.25) is 0 Å². The summed E-state index contributed by atoms with van der Waals surface area (Å²) in [5.74, 6) is 0.308. The van der Waals surface area contributed by atoms with Gasteiger partial charge in [0.1, 0.15) is 5.82 Å². The number of benzene rings is 1. The molecule has 2 aromatic rings. The minimum Gasteiger partial charge on any atom is -0.381 e. The molecular weight excluding hydrogens is 491 g/mol. The fraction of sp³-hybridized carbons (Fsp3) is 0.679. The van der Waals surface area contributed by atoms with Gasteiger partial charge >= 0.3 is 5.97 Å². The zero-order valence-corrected chi connectivity index (χ0v) is 22.2. The fourth-order valence-corrected chi connectivity index (χ4v) is 6.19. The SMILES string of the molecule is COC1CCC(C(=O)ONC(=O)C2CCC(CCN3CCN(c4noc5ccc(F)cc45)CC3)CC2)CC1. The Morgan fingerprint density at radius 1 is 1.03 bits per heavy atom. The van der Waals surface area contributed by atoms with E-state index in [2.05, 4.69) is 20.4 Å². The number of hydroxylamine groups is 1. The lowest BCUT2D eigenvalue weighted by Gasteiger charge is -2.36. The number of carbonyl (C=O) groups excluding carboxylic acids is 2. The minimum absolute atomic E-state index is 0.0889. The van der Waals surface area contributed by atoms with Gasteiger partial charge in [0, 0.05) is 39.2 Å². The van der Waals surface area contributed by atoms with E-state index in [0.717, 1.165) is 102 Å². The van der Waals surface area contributed by atoms with Gasteiger partial charge in [-0.05, 0) is 88.4 Å². The van der Waals surface area contributed by atoms with Crippen molar-refractivity contribution in [1.82, 2.24) is 15.5 Å². The average Bonchev–Trinajstić information content (AvgIpc) is 3.38. The molecular formula is C28H39FN4O5. The molecule has 1 saturated heterocycles. The number of nitrogens with zero attached hydrogens (tertiary/aromatic N) is 3. The fourth-order valence-electron chi connectivity index (χ4n) is 6.19. The van der Waals surface area contributed by atoms with Crippen LogP contribution in [0.4, 0.5) is 10.2 Å². The topological polar surface area (TPSA) is 97.1 Å². The third kappa shape index (κ3) is 6.46. The van der Waals surface area contributed by atoms with Gasteiger partial charge < -0.3 is 19.0 Å². The van der Waals surface area contributed by atoms with Gasteiger partial charge in [-0.1, -0.05) is 5.16 Å². The highest BCUT2D eigenvalue weighted by Crippen LogP contribution is 2.32. The summed E-state index contributed by atoms with van der Waals surface area (Å²) >= 11 is 0. The molecule has 9 nitrogen and oxygen atoms in total. The van der Waals surface area contributed by atoms with Crippen molar-refractivity contribution in [2.75, 3.05) is 44.7 Å². The molecule has 0 bridgehead atoms. The maximum absolute atomic E-state index is 13.7. The van der Waals surface area contributed by atoms with E-state index < -0.39 is 0 Å². The predicted octanol–water partition coefficient (Wildman–Crippen LogP) is 4.07. The van der Waals surface area contributed by atoms with Gasteiger partial charge in [0.25, 0.3) is 5.91 Å². The zero-order chi connectivity index (χ0) is 26.5. The number of carbonyl (C=O) groups is 2. The Morgan fingerprint density at radius 2 is 1.74 bits per heavy atom. The number of nitrogens with one attached hydrogen (secondary N) is 1. The monoisotopic (exact) mass is 530 g/mol. The Morgan fingerprint density at radius 3 is 2.45 bits per heavy atom. The number of aromatic nitrogens is 1. The van der Waals surface area contributed by atoms with E-state index in [0.29, 0.717) is 11.5 Å². The molecule has 0 radical (unpaired) electrons. The minimum atomic E-state index is -0.328. The summed E-state index contributed by atoms with van der Waals surface area (Å²) in [5, 5.41) is 4.90. The van der Waals surface area contributed by atoms with Crippen molar-refractivity contribution in [2.24, 2.45) is 17.8 Å². The van der Waals surface area contributed by atoms with Crippen molar-refractivity contribution in [2.45, 2.75) is 63.9 Å². The highest BCUT2D eigenvalue weighted by molar-refractivity contribution is 5.88. The smallest absolute Gasteiger partial charge is 0.335 e. The number of hydrogen-bond donors (Lipinski definition) is 1. The number of piperazine rings is 1. The van der Waals surface area contributed by atoms with E-state index in [1.165, 1.54) is 12.1 Å². The van der Waals surface area contributed by atoms with Gasteiger partial charge in [-0.3, -0.25) is 9.69 Å². The molecule has 1 aromatic heterocycles. The first-order chi connectivity index (χ1) is 18.5. The van der Waals surface area contributed by atoms with E-state index in [-0.39, 0.29) is 35.6 Å². The van der Waals surface area contributed by atoms with Gasteiger partial charge in [0.15, 0.2) is 11.4 Å². The molecule has 208 valence electrons. The number of ether oxygens (including phenoxy) is 1. The molecule has 0 spiro atoms. The number of fused-ring (bicyclic) bond motifs is 1. The highest BCUT2D eigenvalue weighted by Gasteiger charge is 2.31. The Kier molecular flexibility index (Phi) is 8.79. The van der Waals surface area contributed by atoms with Crippen molar-refractivity contribution >= 4 is 28.7 Å². The Hall–Kier alpha value is -2.72. The maximum atomic E-state index is 13.7. The lowest BCUT2D eigenvalue weighted by Crippen LogP contribution is -2.47. The van der Waals surface area contributed by atoms with Gasteiger partial charge in [0.2, 0.25) is 0 Å². The summed E-state index contributed by atoms with van der Waals surface area (Å²) in [5.41, 5.74) is 3.05. The first-order valence-electron chi connectivity index (χ1n) is 14.1. The second kappa shape index (κ2) is 12.4. The number of anilines is 1. The molecule has 1 amide bonds. The van der Waals surface area contributed by atoms with Crippen LogP contribution in [0.1, 0.15) is 57.8 Å². The number of methoxy groups -OCH3 is 1.